The number of alkyl halides is 3. The van der Waals surface area contributed by atoms with Crippen molar-refractivity contribution in [2.45, 2.75) is 18.6 Å². The number of carbonyl (C=O) groups excluding carboxylic acids is 2. The minimum atomic E-state index is -4.58. The number of amides is 1. The molecule has 1 amide bonds. The lowest BCUT2D eigenvalue weighted by molar-refractivity contribution is -0.160. The molecule has 0 saturated carbocycles. The Morgan fingerprint density at radius 2 is 1.84 bits per heavy atom. The van der Waals surface area contributed by atoms with Crippen molar-refractivity contribution < 1.29 is 27.5 Å². The van der Waals surface area contributed by atoms with E-state index in [0.717, 1.165) is 7.11 Å². The highest BCUT2D eigenvalue weighted by Gasteiger charge is 2.36. The predicted molar refractivity (Wildman–Crippen MR) is 60.4 cm³/mol. The van der Waals surface area contributed by atoms with Crippen molar-refractivity contribution >= 4 is 11.9 Å². The van der Waals surface area contributed by atoms with Gasteiger partial charge in [0.05, 0.1) is 13.5 Å². The van der Waals surface area contributed by atoms with Gasteiger partial charge < -0.3 is 10.1 Å². The summed E-state index contributed by atoms with van der Waals surface area (Å²) in [5.41, 5.74) is 0.165. The van der Waals surface area contributed by atoms with Crippen LogP contribution in [0.4, 0.5) is 13.2 Å². The molecule has 0 saturated heterocycles. The Morgan fingerprint density at radius 3 is 2.32 bits per heavy atom. The van der Waals surface area contributed by atoms with Crippen LogP contribution in [0.1, 0.15) is 16.8 Å². The van der Waals surface area contributed by atoms with Crippen LogP contribution in [0.2, 0.25) is 0 Å². The van der Waals surface area contributed by atoms with Crippen LogP contribution >= 0.6 is 0 Å². The first-order valence-electron chi connectivity index (χ1n) is 5.34. The van der Waals surface area contributed by atoms with Gasteiger partial charge in [-0.25, -0.2) is 4.79 Å². The molecular formula is C12H12F3NO3. The van der Waals surface area contributed by atoms with Crippen molar-refractivity contribution in [2.24, 2.45) is 0 Å². The minimum absolute atomic E-state index is 0.165. The molecule has 19 heavy (non-hydrogen) atoms. The molecule has 0 fully saturated rings. The third kappa shape index (κ3) is 4.99. The molecule has 1 aromatic carbocycles. The lowest BCUT2D eigenvalue weighted by atomic mass is 10.1. The number of ether oxygens (including phenoxy) is 1. The second kappa shape index (κ2) is 6.21. The van der Waals surface area contributed by atoms with Crippen LogP contribution in [-0.4, -0.2) is 31.2 Å². The highest BCUT2D eigenvalue weighted by atomic mass is 19.4. The molecular weight excluding hydrogens is 263 g/mol. The Labute approximate surface area is 107 Å². The maximum Gasteiger partial charge on any atom is 0.391 e. The van der Waals surface area contributed by atoms with Gasteiger partial charge in [-0.1, -0.05) is 18.2 Å². The quantitative estimate of drug-likeness (QED) is 0.854. The number of nitrogens with one attached hydrogen (secondary N) is 1. The van der Waals surface area contributed by atoms with Crippen LogP contribution in [0, 0.1) is 0 Å². The van der Waals surface area contributed by atoms with E-state index in [4.69, 9.17) is 0 Å². The molecule has 1 aromatic rings. The average molecular weight is 275 g/mol. The fourth-order valence-corrected chi connectivity index (χ4v) is 1.40. The fraction of sp³-hybridized carbons (Fsp3) is 0.333. The third-order valence-electron chi connectivity index (χ3n) is 2.26. The molecule has 0 aliphatic carbocycles. The Kier molecular flexibility index (Phi) is 4.91. The van der Waals surface area contributed by atoms with E-state index in [0.29, 0.717) is 0 Å². The number of hydrogen-bond donors (Lipinski definition) is 1. The lowest BCUT2D eigenvalue weighted by Crippen LogP contribution is -2.44. The normalized spacial score (nSPS) is 12.6. The maximum absolute atomic E-state index is 12.3. The summed E-state index contributed by atoms with van der Waals surface area (Å²) in [5, 5.41) is 2.01. The number of hydrogen-bond acceptors (Lipinski definition) is 3. The molecule has 0 aliphatic heterocycles. The van der Waals surface area contributed by atoms with Gasteiger partial charge in [-0.2, -0.15) is 13.2 Å². The van der Waals surface area contributed by atoms with E-state index in [1.807, 2.05) is 5.32 Å². The van der Waals surface area contributed by atoms with Crippen LogP contribution in [0.25, 0.3) is 0 Å². The summed E-state index contributed by atoms with van der Waals surface area (Å²) in [6.45, 7) is 0. The van der Waals surface area contributed by atoms with Crippen LogP contribution in [0.3, 0.4) is 0 Å². The summed E-state index contributed by atoms with van der Waals surface area (Å²) >= 11 is 0. The van der Waals surface area contributed by atoms with Crippen molar-refractivity contribution in [1.82, 2.24) is 5.32 Å². The zero-order valence-corrected chi connectivity index (χ0v) is 10.0. The summed E-state index contributed by atoms with van der Waals surface area (Å²) in [5.74, 6) is -1.90. The van der Waals surface area contributed by atoms with Crippen LogP contribution in [-0.2, 0) is 9.53 Å². The summed E-state index contributed by atoms with van der Waals surface area (Å²) in [6.07, 6.45) is -6.05. The number of methoxy groups -OCH3 is 1. The highest BCUT2D eigenvalue weighted by Crippen LogP contribution is 2.22. The Bertz CT molecular complexity index is 445. The molecule has 4 nitrogen and oxygen atoms in total. The molecule has 0 aromatic heterocycles. The summed E-state index contributed by atoms with van der Waals surface area (Å²) in [6, 6.07) is 5.88. The molecule has 1 N–H and O–H groups in total. The molecule has 0 spiro atoms. The summed E-state index contributed by atoms with van der Waals surface area (Å²) < 4.78 is 41.1. The van der Waals surface area contributed by atoms with E-state index in [1.54, 1.807) is 18.2 Å². The van der Waals surface area contributed by atoms with Gasteiger partial charge in [0.2, 0.25) is 0 Å². The first-order valence-corrected chi connectivity index (χ1v) is 5.34. The van der Waals surface area contributed by atoms with E-state index in [-0.39, 0.29) is 5.56 Å². The molecule has 0 bridgehead atoms. The average Bonchev–Trinajstić information content (AvgIpc) is 2.36. The van der Waals surface area contributed by atoms with Crippen LogP contribution < -0.4 is 5.32 Å². The standard InChI is InChI=1S/C12H12F3NO3/c1-19-11(18)9(7-12(13,14)15)16-10(17)8-5-3-2-4-6-8/h2-6,9H,7H2,1H3,(H,16,17). The van der Waals surface area contributed by atoms with Gasteiger partial charge in [0, 0.05) is 5.56 Å². The second-order valence-corrected chi connectivity index (χ2v) is 3.73. The molecule has 1 rings (SSSR count). The monoisotopic (exact) mass is 275 g/mol. The Balaban J connectivity index is 2.78. The Morgan fingerprint density at radius 1 is 1.26 bits per heavy atom. The molecule has 0 heterocycles. The van der Waals surface area contributed by atoms with Gasteiger partial charge in [-0.05, 0) is 12.1 Å². The largest absolute Gasteiger partial charge is 0.467 e. The number of esters is 1. The van der Waals surface area contributed by atoms with Crippen molar-refractivity contribution in [3.05, 3.63) is 35.9 Å². The third-order valence-corrected chi connectivity index (χ3v) is 2.26. The zero-order valence-electron chi connectivity index (χ0n) is 10.0. The van der Waals surface area contributed by atoms with Crippen molar-refractivity contribution in [2.75, 3.05) is 7.11 Å². The van der Waals surface area contributed by atoms with Gasteiger partial charge >= 0.3 is 12.1 Å². The fourth-order valence-electron chi connectivity index (χ4n) is 1.40. The predicted octanol–water partition coefficient (Wildman–Crippen LogP) is 1.91. The first-order chi connectivity index (χ1) is 8.83. The Hall–Kier alpha value is -2.05. The minimum Gasteiger partial charge on any atom is -0.467 e. The second-order valence-electron chi connectivity index (χ2n) is 3.73. The van der Waals surface area contributed by atoms with Crippen molar-refractivity contribution in [3.8, 4) is 0 Å². The van der Waals surface area contributed by atoms with Crippen LogP contribution in [0.15, 0.2) is 30.3 Å². The number of carbonyl (C=O) groups is 2. The highest BCUT2D eigenvalue weighted by molar-refractivity contribution is 5.96. The van der Waals surface area contributed by atoms with Gasteiger partial charge in [0.1, 0.15) is 6.04 Å². The molecule has 104 valence electrons. The molecule has 1 unspecified atom stereocenters. The smallest absolute Gasteiger partial charge is 0.391 e. The molecule has 1 atom stereocenters. The van der Waals surface area contributed by atoms with E-state index >= 15 is 0 Å². The molecule has 7 heteroatoms. The molecule has 0 aliphatic rings. The first kappa shape index (κ1) is 15.0. The van der Waals surface area contributed by atoms with Gasteiger partial charge in [-0.3, -0.25) is 4.79 Å². The summed E-state index contributed by atoms with van der Waals surface area (Å²) in [4.78, 5) is 22.9. The SMILES string of the molecule is COC(=O)C(CC(F)(F)F)NC(=O)c1ccccc1. The van der Waals surface area contributed by atoms with Gasteiger partial charge in [0.25, 0.3) is 5.91 Å². The maximum atomic E-state index is 12.3. The van der Waals surface area contributed by atoms with E-state index in [1.165, 1.54) is 12.1 Å². The summed E-state index contributed by atoms with van der Waals surface area (Å²) in [7, 11) is 0.959. The van der Waals surface area contributed by atoms with E-state index < -0.39 is 30.5 Å². The topological polar surface area (TPSA) is 55.4 Å². The van der Waals surface area contributed by atoms with Crippen LogP contribution in [0.5, 0.6) is 0 Å². The van der Waals surface area contributed by atoms with Crippen molar-refractivity contribution in [1.29, 1.82) is 0 Å². The molecule has 0 radical (unpaired) electrons. The lowest BCUT2D eigenvalue weighted by Gasteiger charge is -2.18. The van der Waals surface area contributed by atoms with E-state index in [9.17, 15) is 22.8 Å². The number of benzene rings is 1. The van der Waals surface area contributed by atoms with Gasteiger partial charge in [0.15, 0.2) is 0 Å². The van der Waals surface area contributed by atoms with Gasteiger partial charge in [-0.15, -0.1) is 0 Å². The number of halogens is 3. The zero-order chi connectivity index (χ0) is 14.5. The van der Waals surface area contributed by atoms with E-state index in [2.05, 4.69) is 4.74 Å². The number of rotatable bonds is 4. The van der Waals surface area contributed by atoms with Crippen molar-refractivity contribution in [3.63, 3.8) is 0 Å².